The molecular formula is C23H16F3N3OS. The number of benzene rings is 3. The minimum absolute atomic E-state index is 0.107. The van der Waals surface area contributed by atoms with Crippen LogP contribution in [0.25, 0.3) is 0 Å². The molecule has 0 bridgehead atoms. The summed E-state index contributed by atoms with van der Waals surface area (Å²) < 4.78 is 38.5. The highest BCUT2D eigenvalue weighted by Gasteiger charge is 2.30. The van der Waals surface area contributed by atoms with Gasteiger partial charge in [0.2, 0.25) is 0 Å². The Morgan fingerprint density at radius 3 is 2.39 bits per heavy atom. The minimum atomic E-state index is -4.49. The molecule has 0 atom stereocenters. The van der Waals surface area contributed by atoms with E-state index in [0.29, 0.717) is 5.69 Å². The molecule has 4 nitrogen and oxygen atoms in total. The lowest BCUT2D eigenvalue weighted by molar-refractivity contribution is -0.137. The average Bonchev–Trinajstić information content (AvgIpc) is 2.76. The Morgan fingerprint density at radius 1 is 0.968 bits per heavy atom. The van der Waals surface area contributed by atoms with Crippen molar-refractivity contribution in [3.8, 4) is 6.07 Å². The van der Waals surface area contributed by atoms with Gasteiger partial charge in [0.15, 0.2) is 0 Å². The van der Waals surface area contributed by atoms with E-state index in [9.17, 15) is 23.2 Å². The molecule has 0 aliphatic heterocycles. The number of nitriles is 1. The normalized spacial score (nSPS) is 11.5. The van der Waals surface area contributed by atoms with E-state index in [4.69, 9.17) is 0 Å². The Hall–Kier alpha value is -3.70. The summed E-state index contributed by atoms with van der Waals surface area (Å²) in [7, 11) is 0. The van der Waals surface area contributed by atoms with Crippen LogP contribution >= 0.6 is 11.8 Å². The second kappa shape index (κ2) is 9.87. The number of nitrogens with zero attached hydrogens (tertiary/aromatic N) is 1. The smallest absolute Gasteiger partial charge is 0.360 e. The molecule has 3 aromatic rings. The topological polar surface area (TPSA) is 64.9 Å². The van der Waals surface area contributed by atoms with Gasteiger partial charge in [-0.05, 0) is 42.5 Å². The zero-order valence-electron chi connectivity index (χ0n) is 16.0. The van der Waals surface area contributed by atoms with E-state index in [1.54, 1.807) is 18.2 Å². The van der Waals surface area contributed by atoms with Crippen LogP contribution in [0, 0.1) is 11.3 Å². The molecule has 0 fully saturated rings. The largest absolute Gasteiger partial charge is 0.416 e. The zero-order chi connectivity index (χ0) is 22.3. The van der Waals surface area contributed by atoms with Gasteiger partial charge in [0.25, 0.3) is 5.91 Å². The molecule has 3 aromatic carbocycles. The van der Waals surface area contributed by atoms with Gasteiger partial charge in [-0.3, -0.25) is 4.79 Å². The van der Waals surface area contributed by atoms with Crippen molar-refractivity contribution in [2.45, 2.75) is 16.0 Å². The number of hydrogen-bond acceptors (Lipinski definition) is 4. The molecule has 0 heterocycles. The lowest BCUT2D eigenvalue weighted by Gasteiger charge is -2.11. The van der Waals surface area contributed by atoms with E-state index in [2.05, 4.69) is 10.6 Å². The molecular weight excluding hydrogens is 423 g/mol. The van der Waals surface area contributed by atoms with Gasteiger partial charge in [-0.1, -0.05) is 48.2 Å². The van der Waals surface area contributed by atoms with Gasteiger partial charge in [0, 0.05) is 21.7 Å². The molecule has 156 valence electrons. The summed E-state index contributed by atoms with van der Waals surface area (Å²) in [5.74, 6) is -0.678. The fraction of sp³-hybridized carbons (Fsp3) is 0.0435. The third-order valence-corrected chi connectivity index (χ3v) is 5.13. The quantitative estimate of drug-likeness (QED) is 0.349. The second-order valence-corrected chi connectivity index (χ2v) is 7.37. The van der Waals surface area contributed by atoms with Crippen LogP contribution in [0.2, 0.25) is 0 Å². The molecule has 0 saturated heterocycles. The number of para-hydroxylation sites is 1. The van der Waals surface area contributed by atoms with Gasteiger partial charge in [-0.2, -0.15) is 18.4 Å². The number of amides is 1. The monoisotopic (exact) mass is 439 g/mol. The molecule has 0 aliphatic rings. The van der Waals surface area contributed by atoms with Crippen LogP contribution in [0.5, 0.6) is 0 Å². The fourth-order valence-corrected chi connectivity index (χ4v) is 3.48. The van der Waals surface area contributed by atoms with E-state index >= 15 is 0 Å². The maximum atomic E-state index is 12.8. The number of anilines is 2. The van der Waals surface area contributed by atoms with Crippen molar-refractivity contribution in [2.24, 2.45) is 0 Å². The Bertz CT molecular complexity index is 1140. The van der Waals surface area contributed by atoms with Crippen molar-refractivity contribution >= 4 is 29.0 Å². The lowest BCUT2D eigenvalue weighted by atomic mass is 10.2. The van der Waals surface area contributed by atoms with Crippen molar-refractivity contribution in [1.29, 1.82) is 5.26 Å². The number of nitrogens with one attached hydrogen (secondary N) is 2. The Kier molecular flexibility index (Phi) is 7.00. The van der Waals surface area contributed by atoms with Crippen LogP contribution < -0.4 is 10.6 Å². The standard InChI is InChI=1S/C23H16F3N3OS/c24-23(25,26)17-7-6-8-18(13-17)28-15-16(14-27)22(30)29-20-11-4-5-12-21(20)31-19-9-2-1-3-10-19/h1-13,15,28H,(H,29,30)/b16-15-. The molecule has 0 unspecified atom stereocenters. The SMILES string of the molecule is N#C/C(=C/Nc1cccc(C(F)(F)F)c1)C(=O)Nc1ccccc1Sc1ccccc1. The summed E-state index contributed by atoms with van der Waals surface area (Å²) in [4.78, 5) is 14.3. The number of hydrogen-bond donors (Lipinski definition) is 2. The molecule has 0 radical (unpaired) electrons. The molecule has 1 amide bonds. The summed E-state index contributed by atoms with van der Waals surface area (Å²) in [6.07, 6.45) is -3.41. The van der Waals surface area contributed by atoms with Gasteiger partial charge in [-0.15, -0.1) is 0 Å². The van der Waals surface area contributed by atoms with E-state index in [0.717, 1.165) is 28.1 Å². The first-order valence-corrected chi connectivity index (χ1v) is 9.86. The molecule has 8 heteroatoms. The fourth-order valence-electron chi connectivity index (χ4n) is 2.55. The first kappa shape index (κ1) is 22.0. The van der Waals surface area contributed by atoms with Crippen LogP contribution in [-0.4, -0.2) is 5.91 Å². The van der Waals surface area contributed by atoms with Crippen molar-refractivity contribution in [2.75, 3.05) is 10.6 Å². The van der Waals surface area contributed by atoms with Crippen molar-refractivity contribution < 1.29 is 18.0 Å². The number of rotatable bonds is 6. The summed E-state index contributed by atoms with van der Waals surface area (Å²) in [5, 5.41) is 14.6. The molecule has 0 saturated carbocycles. The van der Waals surface area contributed by atoms with Crippen LogP contribution in [0.15, 0.2) is 100 Å². The maximum absolute atomic E-state index is 12.8. The van der Waals surface area contributed by atoms with Crippen LogP contribution in [0.4, 0.5) is 24.5 Å². The lowest BCUT2D eigenvalue weighted by Crippen LogP contribution is -2.15. The van der Waals surface area contributed by atoms with Gasteiger partial charge in [0.1, 0.15) is 11.6 Å². The third-order valence-electron chi connectivity index (χ3n) is 4.04. The number of alkyl halides is 3. The zero-order valence-corrected chi connectivity index (χ0v) is 16.8. The summed E-state index contributed by atoms with van der Waals surface area (Å²) in [6.45, 7) is 0. The second-order valence-electron chi connectivity index (χ2n) is 6.26. The van der Waals surface area contributed by atoms with Gasteiger partial charge < -0.3 is 10.6 Å². The molecule has 0 spiro atoms. The predicted octanol–water partition coefficient (Wildman–Crippen LogP) is 6.31. The Balaban J connectivity index is 1.74. The molecule has 2 N–H and O–H groups in total. The average molecular weight is 439 g/mol. The van der Waals surface area contributed by atoms with Gasteiger partial charge >= 0.3 is 6.18 Å². The van der Waals surface area contributed by atoms with E-state index in [1.807, 2.05) is 42.5 Å². The highest BCUT2D eigenvalue weighted by molar-refractivity contribution is 7.99. The number of carbonyl (C=O) groups is 1. The van der Waals surface area contributed by atoms with Crippen molar-refractivity contribution in [1.82, 2.24) is 0 Å². The highest BCUT2D eigenvalue weighted by atomic mass is 32.2. The summed E-state index contributed by atoms with van der Waals surface area (Å²) in [5.41, 5.74) is -0.491. The van der Waals surface area contributed by atoms with E-state index in [-0.39, 0.29) is 11.3 Å². The van der Waals surface area contributed by atoms with E-state index in [1.165, 1.54) is 23.9 Å². The Morgan fingerprint density at radius 2 is 1.68 bits per heavy atom. The predicted molar refractivity (Wildman–Crippen MR) is 114 cm³/mol. The molecule has 3 rings (SSSR count). The van der Waals surface area contributed by atoms with E-state index < -0.39 is 17.6 Å². The maximum Gasteiger partial charge on any atom is 0.416 e. The van der Waals surface area contributed by atoms with Crippen LogP contribution in [0.3, 0.4) is 0 Å². The number of halogens is 3. The molecule has 31 heavy (non-hydrogen) atoms. The Labute approximate surface area is 181 Å². The summed E-state index contributed by atoms with van der Waals surface area (Å²) in [6, 6.07) is 22.9. The van der Waals surface area contributed by atoms with Crippen LogP contribution in [-0.2, 0) is 11.0 Å². The third kappa shape index (κ3) is 6.14. The first-order chi connectivity index (χ1) is 14.9. The highest BCUT2D eigenvalue weighted by Crippen LogP contribution is 2.33. The number of carbonyl (C=O) groups excluding carboxylic acids is 1. The molecule has 0 aromatic heterocycles. The van der Waals surface area contributed by atoms with Crippen LogP contribution in [0.1, 0.15) is 5.56 Å². The van der Waals surface area contributed by atoms with Gasteiger partial charge in [-0.25, -0.2) is 0 Å². The van der Waals surface area contributed by atoms with Crippen molar-refractivity contribution in [3.05, 3.63) is 96.2 Å². The summed E-state index contributed by atoms with van der Waals surface area (Å²) >= 11 is 1.45. The van der Waals surface area contributed by atoms with Crippen molar-refractivity contribution in [3.63, 3.8) is 0 Å². The molecule has 0 aliphatic carbocycles. The first-order valence-electron chi connectivity index (χ1n) is 9.04. The van der Waals surface area contributed by atoms with Gasteiger partial charge in [0.05, 0.1) is 11.3 Å². The minimum Gasteiger partial charge on any atom is -0.360 e.